The van der Waals surface area contributed by atoms with Crippen LogP contribution in [-0.4, -0.2) is 31.6 Å². The fourth-order valence-electron chi connectivity index (χ4n) is 1.41. The molecule has 0 unspecified atom stereocenters. The molecule has 21 heavy (non-hydrogen) atoms. The molecule has 0 aliphatic carbocycles. The maximum atomic E-state index is 11.5. The van der Waals surface area contributed by atoms with Crippen LogP contribution in [0.25, 0.3) is 6.08 Å². The summed E-state index contributed by atoms with van der Waals surface area (Å²) in [5, 5.41) is 2.37. The van der Waals surface area contributed by atoms with Gasteiger partial charge in [0, 0.05) is 13.1 Å². The number of amides is 2. The van der Waals surface area contributed by atoms with Gasteiger partial charge >= 0.3 is 0 Å². The zero-order chi connectivity index (χ0) is 15.7. The van der Waals surface area contributed by atoms with Gasteiger partial charge in [-0.3, -0.25) is 14.4 Å². The Labute approximate surface area is 124 Å². The summed E-state index contributed by atoms with van der Waals surface area (Å²) >= 11 is 0. The van der Waals surface area contributed by atoms with Crippen LogP contribution in [0.4, 0.5) is 0 Å². The molecule has 0 spiro atoms. The number of carbonyl (C=O) groups excluding carboxylic acids is 2. The van der Waals surface area contributed by atoms with Gasteiger partial charge in [-0.25, -0.2) is 5.48 Å². The molecule has 0 fully saturated rings. The number of benzene rings is 1. The molecule has 0 aromatic heterocycles. The first-order valence-corrected chi connectivity index (χ1v) is 6.58. The lowest BCUT2D eigenvalue weighted by Gasteiger charge is -2.09. The Hall–Kier alpha value is -2.34. The zero-order valence-corrected chi connectivity index (χ0v) is 12.4. The van der Waals surface area contributed by atoms with E-state index >= 15 is 0 Å². The molecule has 1 rings (SSSR count). The fourth-order valence-corrected chi connectivity index (χ4v) is 1.41. The van der Waals surface area contributed by atoms with E-state index in [4.69, 9.17) is 9.57 Å². The molecule has 2 amide bonds. The minimum absolute atomic E-state index is 0.0886. The Morgan fingerprint density at radius 3 is 2.76 bits per heavy atom. The third-order valence-electron chi connectivity index (χ3n) is 2.31. The summed E-state index contributed by atoms with van der Waals surface area (Å²) in [5.74, 6) is -0.0321. The summed E-state index contributed by atoms with van der Waals surface area (Å²) in [6.07, 6.45) is 3.04. The van der Waals surface area contributed by atoms with E-state index in [0.717, 1.165) is 11.3 Å². The van der Waals surface area contributed by atoms with Crippen molar-refractivity contribution >= 4 is 17.9 Å². The van der Waals surface area contributed by atoms with Gasteiger partial charge in [-0.1, -0.05) is 12.1 Å². The minimum atomic E-state index is -0.450. The number of hydrogen-bond donors (Lipinski definition) is 2. The lowest BCUT2D eigenvalue weighted by molar-refractivity contribution is -0.135. The average molecular weight is 292 g/mol. The van der Waals surface area contributed by atoms with E-state index in [1.54, 1.807) is 6.08 Å². The minimum Gasteiger partial charge on any atom is -0.491 e. The molecule has 0 aliphatic rings. The molecule has 1 aromatic carbocycles. The van der Waals surface area contributed by atoms with E-state index in [9.17, 15) is 9.59 Å². The van der Waals surface area contributed by atoms with Gasteiger partial charge in [0.15, 0.2) is 6.61 Å². The van der Waals surface area contributed by atoms with Crippen LogP contribution < -0.4 is 15.5 Å². The van der Waals surface area contributed by atoms with Crippen molar-refractivity contribution in [3.8, 4) is 5.75 Å². The van der Waals surface area contributed by atoms with Crippen LogP contribution >= 0.6 is 0 Å². The van der Waals surface area contributed by atoms with Crippen molar-refractivity contribution in [3.05, 3.63) is 35.9 Å². The van der Waals surface area contributed by atoms with Crippen LogP contribution in [0.3, 0.4) is 0 Å². The third-order valence-corrected chi connectivity index (χ3v) is 2.31. The van der Waals surface area contributed by atoms with Crippen LogP contribution in [0.15, 0.2) is 30.3 Å². The summed E-state index contributed by atoms with van der Waals surface area (Å²) in [6, 6.07) is 7.37. The zero-order valence-electron chi connectivity index (χ0n) is 12.4. The molecule has 0 heterocycles. The molecule has 0 bridgehead atoms. The molecule has 0 radical (unpaired) electrons. The maximum absolute atomic E-state index is 11.5. The third kappa shape index (κ3) is 7.12. The van der Waals surface area contributed by atoms with Crippen LogP contribution in [0.2, 0.25) is 0 Å². The summed E-state index contributed by atoms with van der Waals surface area (Å²) in [7, 11) is 1.49. The van der Waals surface area contributed by atoms with Crippen molar-refractivity contribution in [2.75, 3.05) is 13.7 Å². The predicted octanol–water partition coefficient (Wildman–Crippen LogP) is 1.28. The Kier molecular flexibility index (Phi) is 6.97. The second-order valence-corrected chi connectivity index (χ2v) is 4.50. The first-order chi connectivity index (χ1) is 10.0. The first kappa shape index (κ1) is 16.7. The Bertz CT molecular complexity index is 512. The number of rotatable bonds is 7. The van der Waals surface area contributed by atoms with Crippen LogP contribution in [0.5, 0.6) is 5.75 Å². The highest BCUT2D eigenvalue weighted by Crippen LogP contribution is 2.15. The van der Waals surface area contributed by atoms with Crippen molar-refractivity contribution in [1.82, 2.24) is 10.8 Å². The van der Waals surface area contributed by atoms with Gasteiger partial charge in [-0.2, -0.15) is 0 Å². The number of hydrogen-bond acceptors (Lipinski definition) is 4. The van der Waals surface area contributed by atoms with Gasteiger partial charge in [0.2, 0.25) is 5.91 Å². The monoisotopic (exact) mass is 292 g/mol. The SMILES string of the molecule is CNC(=O)CONC(=O)/C=C/c1cccc(OC(C)C)c1. The normalized spacial score (nSPS) is 10.7. The summed E-state index contributed by atoms with van der Waals surface area (Å²) < 4.78 is 5.56. The van der Waals surface area contributed by atoms with Gasteiger partial charge in [-0.05, 0) is 37.6 Å². The highest BCUT2D eigenvalue weighted by atomic mass is 16.7. The molecule has 6 heteroatoms. The van der Waals surface area contributed by atoms with Crippen molar-refractivity contribution in [2.24, 2.45) is 0 Å². The van der Waals surface area contributed by atoms with Gasteiger partial charge in [0.1, 0.15) is 5.75 Å². The molecular weight excluding hydrogens is 272 g/mol. The van der Waals surface area contributed by atoms with Crippen molar-refractivity contribution in [3.63, 3.8) is 0 Å². The molecule has 1 aromatic rings. The van der Waals surface area contributed by atoms with Crippen LogP contribution in [-0.2, 0) is 14.4 Å². The Balaban J connectivity index is 2.48. The number of ether oxygens (including phenoxy) is 1. The van der Waals surface area contributed by atoms with Gasteiger partial charge in [0.05, 0.1) is 6.10 Å². The number of carbonyl (C=O) groups is 2. The van der Waals surface area contributed by atoms with Gasteiger partial charge < -0.3 is 10.1 Å². The Morgan fingerprint density at radius 2 is 2.10 bits per heavy atom. The van der Waals surface area contributed by atoms with E-state index in [1.807, 2.05) is 38.1 Å². The number of hydroxylamine groups is 1. The van der Waals surface area contributed by atoms with Crippen molar-refractivity contribution in [2.45, 2.75) is 20.0 Å². The fraction of sp³-hybridized carbons (Fsp3) is 0.333. The van der Waals surface area contributed by atoms with Gasteiger partial charge in [0.25, 0.3) is 5.91 Å². The first-order valence-electron chi connectivity index (χ1n) is 6.58. The summed E-state index contributed by atoms with van der Waals surface area (Å²) in [4.78, 5) is 27.1. The largest absolute Gasteiger partial charge is 0.491 e. The number of nitrogens with one attached hydrogen (secondary N) is 2. The van der Waals surface area contributed by atoms with Gasteiger partial charge in [-0.15, -0.1) is 0 Å². The highest BCUT2D eigenvalue weighted by molar-refractivity contribution is 5.91. The lowest BCUT2D eigenvalue weighted by Crippen LogP contribution is -2.30. The summed E-state index contributed by atoms with van der Waals surface area (Å²) in [6.45, 7) is 3.66. The van der Waals surface area contributed by atoms with Crippen LogP contribution in [0.1, 0.15) is 19.4 Å². The van der Waals surface area contributed by atoms with E-state index in [0.29, 0.717) is 0 Å². The highest BCUT2D eigenvalue weighted by Gasteiger charge is 2.01. The molecule has 114 valence electrons. The van der Waals surface area contributed by atoms with Crippen molar-refractivity contribution < 1.29 is 19.2 Å². The smallest absolute Gasteiger partial charge is 0.267 e. The van der Waals surface area contributed by atoms with E-state index in [-0.39, 0.29) is 18.6 Å². The van der Waals surface area contributed by atoms with Crippen molar-refractivity contribution in [1.29, 1.82) is 0 Å². The molecule has 0 atom stereocenters. The van der Waals surface area contributed by atoms with E-state index < -0.39 is 5.91 Å². The quantitative estimate of drug-likeness (QED) is 0.586. The van der Waals surface area contributed by atoms with Crippen LogP contribution in [0, 0.1) is 0 Å². The molecule has 0 saturated heterocycles. The predicted molar refractivity (Wildman–Crippen MR) is 79.4 cm³/mol. The lowest BCUT2D eigenvalue weighted by atomic mass is 10.2. The van der Waals surface area contributed by atoms with E-state index in [1.165, 1.54) is 13.1 Å². The topological polar surface area (TPSA) is 76.7 Å². The number of likely N-dealkylation sites (N-methyl/N-ethyl adjacent to an activating group) is 1. The molecule has 0 saturated carbocycles. The molecular formula is C15H20N2O4. The molecule has 2 N–H and O–H groups in total. The average Bonchev–Trinajstić information content (AvgIpc) is 2.44. The molecule has 6 nitrogen and oxygen atoms in total. The summed E-state index contributed by atoms with van der Waals surface area (Å²) in [5.41, 5.74) is 2.98. The second-order valence-electron chi connectivity index (χ2n) is 4.50. The van der Waals surface area contributed by atoms with E-state index in [2.05, 4.69) is 10.8 Å². The standard InChI is InChI=1S/C15H20N2O4/c1-11(2)21-13-6-4-5-12(9-13)7-8-14(18)17-20-10-15(19)16-3/h4-9,11H,10H2,1-3H3,(H,16,19)(H,17,18)/b8-7+. The molecule has 0 aliphatic heterocycles. The second kappa shape index (κ2) is 8.76. The maximum Gasteiger partial charge on any atom is 0.267 e. The Morgan fingerprint density at radius 1 is 1.33 bits per heavy atom.